The number of fused-ring (bicyclic) bond motifs is 1. The third-order valence-electron chi connectivity index (χ3n) is 5.45. The molecule has 1 saturated heterocycles. The number of amides is 4. The fourth-order valence-electron chi connectivity index (χ4n) is 3.81. The Morgan fingerprint density at radius 1 is 1.00 bits per heavy atom. The monoisotopic (exact) mass is 401 g/mol. The van der Waals surface area contributed by atoms with Crippen LogP contribution in [0.4, 0.5) is 10.5 Å². The van der Waals surface area contributed by atoms with Crippen molar-refractivity contribution in [3.63, 3.8) is 0 Å². The quantitative estimate of drug-likeness (QED) is 0.607. The van der Waals surface area contributed by atoms with E-state index in [0.29, 0.717) is 0 Å². The van der Waals surface area contributed by atoms with E-state index in [1.54, 1.807) is 0 Å². The Morgan fingerprint density at radius 3 is 2.50 bits per heavy atom. The van der Waals surface area contributed by atoms with Crippen LogP contribution < -0.4 is 10.6 Å². The van der Waals surface area contributed by atoms with Crippen molar-refractivity contribution >= 4 is 34.3 Å². The summed E-state index contributed by atoms with van der Waals surface area (Å²) in [6.45, 7) is 1.82. The second-order valence-electron chi connectivity index (χ2n) is 7.41. The Morgan fingerprint density at radius 2 is 1.70 bits per heavy atom. The van der Waals surface area contributed by atoms with Crippen molar-refractivity contribution in [1.82, 2.24) is 10.2 Å². The van der Waals surface area contributed by atoms with Crippen LogP contribution in [0.2, 0.25) is 0 Å². The molecule has 3 aromatic rings. The van der Waals surface area contributed by atoms with Gasteiger partial charge in [-0.2, -0.15) is 0 Å². The molecule has 1 aliphatic heterocycles. The average Bonchev–Trinajstić information content (AvgIpc) is 3.05. The normalized spacial score (nSPS) is 17.1. The Hall–Kier alpha value is -3.67. The number of benzene rings is 3. The number of carbonyl (C=O) groups excluding carboxylic acids is 3. The zero-order valence-electron chi connectivity index (χ0n) is 16.7. The lowest BCUT2D eigenvalue weighted by Crippen LogP contribution is -2.34. The minimum Gasteiger partial charge on any atom is -0.326 e. The number of carbonyl (C=O) groups is 3. The van der Waals surface area contributed by atoms with E-state index < -0.39 is 12.1 Å². The summed E-state index contributed by atoms with van der Waals surface area (Å²) in [5, 5.41) is 7.63. The fraction of sp³-hybridized carbons (Fsp3) is 0.208. The first kappa shape index (κ1) is 19.6. The highest BCUT2D eigenvalue weighted by molar-refractivity contribution is 6.05. The second-order valence-corrected chi connectivity index (χ2v) is 7.41. The summed E-state index contributed by atoms with van der Waals surface area (Å²) in [5.41, 5.74) is 1.62. The molecule has 0 saturated carbocycles. The molecule has 2 atom stereocenters. The molecule has 2 N–H and O–H groups in total. The van der Waals surface area contributed by atoms with Crippen molar-refractivity contribution in [1.29, 1.82) is 0 Å². The summed E-state index contributed by atoms with van der Waals surface area (Å²) < 4.78 is 0. The van der Waals surface area contributed by atoms with E-state index in [1.165, 1.54) is 4.90 Å². The first-order chi connectivity index (χ1) is 14.5. The average molecular weight is 401 g/mol. The highest BCUT2D eigenvalue weighted by Gasteiger charge is 2.40. The number of anilines is 1. The molecule has 152 valence electrons. The fourth-order valence-corrected chi connectivity index (χ4v) is 3.81. The van der Waals surface area contributed by atoms with Gasteiger partial charge in [-0.25, -0.2) is 4.79 Å². The van der Waals surface area contributed by atoms with Gasteiger partial charge in [0, 0.05) is 17.5 Å². The number of rotatable bonds is 6. The Labute approximate surface area is 174 Å². The first-order valence-electron chi connectivity index (χ1n) is 10.0. The molecular weight excluding hydrogens is 378 g/mol. The number of imide groups is 1. The van der Waals surface area contributed by atoms with Crippen molar-refractivity contribution in [2.24, 2.45) is 0 Å². The van der Waals surface area contributed by atoms with E-state index in [4.69, 9.17) is 0 Å². The number of hydrogen-bond donors (Lipinski definition) is 2. The van der Waals surface area contributed by atoms with Gasteiger partial charge in [-0.15, -0.1) is 0 Å². The van der Waals surface area contributed by atoms with Crippen LogP contribution in [-0.4, -0.2) is 28.8 Å². The molecule has 3 aromatic carbocycles. The lowest BCUT2D eigenvalue weighted by molar-refractivity contribution is -0.129. The van der Waals surface area contributed by atoms with Crippen molar-refractivity contribution in [2.75, 3.05) is 5.32 Å². The third kappa shape index (κ3) is 3.89. The van der Waals surface area contributed by atoms with Gasteiger partial charge < -0.3 is 10.6 Å². The molecule has 1 fully saturated rings. The van der Waals surface area contributed by atoms with Crippen LogP contribution in [0, 0.1) is 0 Å². The molecule has 0 radical (unpaired) electrons. The number of nitrogens with zero attached hydrogens (tertiary/aromatic N) is 1. The SMILES string of the molecule is C[C@@H](c1ccccc1)N1C(=O)N[C@@H](CCC(=O)Nc2cccc3ccccc23)C1=O. The predicted octanol–water partition coefficient (Wildman–Crippen LogP) is 4.24. The second kappa shape index (κ2) is 8.37. The van der Waals surface area contributed by atoms with Crippen molar-refractivity contribution < 1.29 is 14.4 Å². The Kier molecular flexibility index (Phi) is 5.48. The lowest BCUT2D eigenvalue weighted by atomic mass is 10.1. The predicted molar refractivity (Wildman–Crippen MR) is 116 cm³/mol. The van der Waals surface area contributed by atoms with Gasteiger partial charge in [0.05, 0.1) is 6.04 Å². The Bertz CT molecular complexity index is 1090. The first-order valence-corrected chi connectivity index (χ1v) is 10.0. The number of hydrogen-bond acceptors (Lipinski definition) is 3. The molecule has 0 aliphatic carbocycles. The minimum atomic E-state index is -0.693. The van der Waals surface area contributed by atoms with Crippen LogP contribution in [0.1, 0.15) is 31.4 Å². The van der Waals surface area contributed by atoms with E-state index in [0.717, 1.165) is 22.0 Å². The Balaban J connectivity index is 1.38. The van der Waals surface area contributed by atoms with Gasteiger partial charge >= 0.3 is 6.03 Å². The molecule has 0 unspecified atom stereocenters. The van der Waals surface area contributed by atoms with Gasteiger partial charge in [0.25, 0.3) is 5.91 Å². The minimum absolute atomic E-state index is 0.132. The smallest absolute Gasteiger partial charge is 0.325 e. The van der Waals surface area contributed by atoms with Crippen LogP contribution in [0.3, 0.4) is 0 Å². The summed E-state index contributed by atoms with van der Waals surface area (Å²) in [4.78, 5) is 38.9. The van der Waals surface area contributed by atoms with Gasteiger partial charge in [0.2, 0.25) is 5.91 Å². The zero-order valence-corrected chi connectivity index (χ0v) is 16.7. The molecule has 0 bridgehead atoms. The van der Waals surface area contributed by atoms with Gasteiger partial charge in [0.15, 0.2) is 0 Å². The lowest BCUT2D eigenvalue weighted by Gasteiger charge is -2.21. The maximum Gasteiger partial charge on any atom is 0.325 e. The number of urea groups is 1. The van der Waals surface area contributed by atoms with E-state index in [9.17, 15) is 14.4 Å². The highest BCUT2D eigenvalue weighted by Crippen LogP contribution is 2.26. The van der Waals surface area contributed by atoms with Crippen molar-refractivity contribution in [3.8, 4) is 0 Å². The van der Waals surface area contributed by atoms with E-state index in [-0.39, 0.29) is 30.7 Å². The molecular formula is C24H23N3O3. The molecule has 4 rings (SSSR count). The highest BCUT2D eigenvalue weighted by atomic mass is 16.2. The molecule has 6 nitrogen and oxygen atoms in total. The van der Waals surface area contributed by atoms with Gasteiger partial charge in [-0.3, -0.25) is 14.5 Å². The third-order valence-corrected chi connectivity index (χ3v) is 5.45. The molecule has 0 aromatic heterocycles. The summed E-state index contributed by atoms with van der Waals surface area (Å²) >= 11 is 0. The standard InChI is InChI=1S/C24H23N3O3/c1-16(17-8-3-2-4-9-17)27-23(29)21(26-24(27)30)14-15-22(28)25-20-13-7-11-18-10-5-6-12-19(18)20/h2-13,16,21H,14-15H2,1H3,(H,25,28)(H,26,30)/t16-,21-/m0/s1. The largest absolute Gasteiger partial charge is 0.326 e. The van der Waals surface area contributed by atoms with Crippen LogP contribution in [0.15, 0.2) is 72.8 Å². The summed E-state index contributed by atoms with van der Waals surface area (Å²) in [7, 11) is 0. The van der Waals surface area contributed by atoms with E-state index in [2.05, 4.69) is 10.6 Å². The van der Waals surface area contributed by atoms with Crippen LogP contribution >= 0.6 is 0 Å². The molecule has 1 aliphatic rings. The molecule has 30 heavy (non-hydrogen) atoms. The van der Waals surface area contributed by atoms with Crippen molar-refractivity contribution in [3.05, 3.63) is 78.4 Å². The maximum absolute atomic E-state index is 12.8. The maximum atomic E-state index is 12.8. The van der Waals surface area contributed by atoms with Gasteiger partial charge in [0.1, 0.15) is 6.04 Å². The number of nitrogens with one attached hydrogen (secondary N) is 2. The van der Waals surface area contributed by atoms with Crippen molar-refractivity contribution in [2.45, 2.75) is 31.8 Å². The van der Waals surface area contributed by atoms with Gasteiger partial charge in [-0.05, 0) is 30.4 Å². The molecule has 4 amide bonds. The van der Waals surface area contributed by atoms with Crippen LogP contribution in [0.5, 0.6) is 0 Å². The molecule has 6 heteroatoms. The van der Waals surface area contributed by atoms with E-state index in [1.807, 2.05) is 79.7 Å². The van der Waals surface area contributed by atoms with Crippen LogP contribution in [0.25, 0.3) is 10.8 Å². The molecule has 0 spiro atoms. The van der Waals surface area contributed by atoms with E-state index >= 15 is 0 Å². The zero-order chi connectivity index (χ0) is 21.1. The van der Waals surface area contributed by atoms with Crippen LogP contribution in [-0.2, 0) is 9.59 Å². The topological polar surface area (TPSA) is 78.5 Å². The summed E-state index contributed by atoms with van der Waals surface area (Å²) in [5.74, 6) is -0.489. The molecule has 1 heterocycles. The van der Waals surface area contributed by atoms with Gasteiger partial charge in [-0.1, -0.05) is 66.7 Å². The summed E-state index contributed by atoms with van der Waals surface area (Å²) in [6, 6.07) is 21.5. The summed E-state index contributed by atoms with van der Waals surface area (Å²) in [6.07, 6.45) is 0.382.